The highest BCUT2D eigenvalue weighted by molar-refractivity contribution is 5.37. The van der Waals surface area contributed by atoms with Crippen molar-refractivity contribution in [2.75, 3.05) is 6.54 Å². The molecule has 0 aliphatic carbocycles. The number of hydrogen-bond donors (Lipinski definition) is 0. The monoisotopic (exact) mass is 355 g/mol. The van der Waals surface area contributed by atoms with E-state index >= 15 is 0 Å². The highest BCUT2D eigenvalue weighted by atomic mass is 16.5. The maximum absolute atomic E-state index is 9.11. The number of nitriles is 1. The summed E-state index contributed by atoms with van der Waals surface area (Å²) in [4.78, 5) is 6.36. The normalized spacial score (nSPS) is 10.4. The van der Waals surface area contributed by atoms with Gasteiger partial charge in [-0.1, -0.05) is 36.4 Å². The Morgan fingerprint density at radius 2 is 1.96 bits per heavy atom. The van der Waals surface area contributed by atoms with E-state index in [-0.39, 0.29) is 0 Å². The maximum atomic E-state index is 9.11. The molecule has 0 fully saturated rings. The molecule has 0 saturated heterocycles. The van der Waals surface area contributed by atoms with Gasteiger partial charge in [0.15, 0.2) is 0 Å². The van der Waals surface area contributed by atoms with Crippen molar-refractivity contribution >= 4 is 0 Å². The van der Waals surface area contributed by atoms with E-state index in [1.807, 2.05) is 60.7 Å². The average Bonchev–Trinajstić information content (AvgIpc) is 2.70. The summed E-state index contributed by atoms with van der Waals surface area (Å²) in [7, 11) is 0. The molecule has 0 unspecified atom stereocenters. The van der Waals surface area contributed by atoms with Crippen molar-refractivity contribution in [2.45, 2.75) is 13.1 Å². The third kappa shape index (κ3) is 5.27. The minimum atomic E-state index is 0.673. The van der Waals surface area contributed by atoms with E-state index in [9.17, 15) is 0 Å². The topological polar surface area (TPSA) is 49.2 Å². The van der Waals surface area contributed by atoms with E-state index in [4.69, 9.17) is 10.00 Å². The van der Waals surface area contributed by atoms with E-state index in [0.29, 0.717) is 17.9 Å². The molecule has 3 rings (SSSR count). The second kappa shape index (κ2) is 9.33. The largest absolute Gasteiger partial charge is 0.455 e. The number of para-hydroxylation sites is 1. The van der Waals surface area contributed by atoms with Gasteiger partial charge in [-0.25, -0.2) is 0 Å². The summed E-state index contributed by atoms with van der Waals surface area (Å²) >= 11 is 0. The van der Waals surface area contributed by atoms with Crippen LogP contribution in [0.25, 0.3) is 0 Å². The predicted octanol–water partition coefficient (Wildman–Crippen LogP) is 4.93. The van der Waals surface area contributed by atoms with Gasteiger partial charge in [-0.2, -0.15) is 5.26 Å². The van der Waals surface area contributed by atoms with Crippen molar-refractivity contribution in [3.63, 3.8) is 0 Å². The number of hydrogen-bond acceptors (Lipinski definition) is 4. The van der Waals surface area contributed by atoms with Crippen molar-refractivity contribution in [2.24, 2.45) is 0 Å². The molecule has 134 valence electrons. The fourth-order valence-electron chi connectivity index (χ4n) is 2.87. The third-order valence-corrected chi connectivity index (χ3v) is 4.08. The Morgan fingerprint density at radius 3 is 2.74 bits per heavy atom. The standard InChI is InChI=1S/C23H21N3O/c1-2-13-26(17-20-8-5-7-19(14-20)15-24)18-21-9-3-4-11-23(21)27-22-10-6-12-25-16-22/h2-12,14,16H,1,13,17-18H2. The van der Waals surface area contributed by atoms with Crippen LogP contribution in [0.5, 0.6) is 11.5 Å². The lowest BCUT2D eigenvalue weighted by molar-refractivity contribution is 0.282. The molecule has 0 bridgehead atoms. The van der Waals surface area contributed by atoms with Gasteiger partial charge in [0, 0.05) is 31.4 Å². The molecule has 0 atom stereocenters. The molecular formula is C23H21N3O. The van der Waals surface area contributed by atoms with Gasteiger partial charge in [0.1, 0.15) is 11.5 Å². The van der Waals surface area contributed by atoms with Gasteiger partial charge < -0.3 is 4.74 Å². The number of benzene rings is 2. The SMILES string of the molecule is C=CCN(Cc1cccc(C#N)c1)Cc1ccccc1Oc1cccnc1. The molecule has 0 spiro atoms. The number of nitrogens with zero attached hydrogens (tertiary/aromatic N) is 3. The third-order valence-electron chi connectivity index (χ3n) is 4.08. The summed E-state index contributed by atoms with van der Waals surface area (Å²) in [5, 5.41) is 9.11. The molecule has 0 radical (unpaired) electrons. The quantitative estimate of drug-likeness (QED) is 0.537. The Hall–Kier alpha value is -3.42. The Kier molecular flexibility index (Phi) is 6.35. The first-order valence-electron chi connectivity index (χ1n) is 8.76. The molecule has 27 heavy (non-hydrogen) atoms. The molecular weight excluding hydrogens is 334 g/mol. The predicted molar refractivity (Wildman–Crippen MR) is 106 cm³/mol. The summed E-state index contributed by atoms with van der Waals surface area (Å²) < 4.78 is 6.02. The zero-order valence-corrected chi connectivity index (χ0v) is 15.1. The molecule has 0 amide bonds. The van der Waals surface area contributed by atoms with E-state index in [0.717, 1.165) is 30.0 Å². The lowest BCUT2D eigenvalue weighted by atomic mass is 10.1. The van der Waals surface area contributed by atoms with E-state index < -0.39 is 0 Å². The summed E-state index contributed by atoms with van der Waals surface area (Å²) in [5.41, 5.74) is 2.85. The minimum absolute atomic E-state index is 0.673. The first-order valence-corrected chi connectivity index (χ1v) is 8.76. The number of rotatable bonds is 8. The summed E-state index contributed by atoms with van der Waals surface area (Å²) in [5.74, 6) is 1.52. The van der Waals surface area contributed by atoms with Crippen LogP contribution in [0, 0.1) is 11.3 Å². The minimum Gasteiger partial charge on any atom is -0.455 e. The fraction of sp³-hybridized carbons (Fsp3) is 0.130. The van der Waals surface area contributed by atoms with Crippen LogP contribution in [-0.4, -0.2) is 16.4 Å². The lowest BCUT2D eigenvalue weighted by Crippen LogP contribution is -2.23. The highest BCUT2D eigenvalue weighted by Gasteiger charge is 2.11. The van der Waals surface area contributed by atoms with Crippen molar-refractivity contribution in [1.29, 1.82) is 5.26 Å². The molecule has 0 aliphatic rings. The Bertz CT molecular complexity index is 932. The number of ether oxygens (including phenoxy) is 1. The molecule has 4 heteroatoms. The molecule has 1 heterocycles. The molecule has 3 aromatic rings. The van der Waals surface area contributed by atoms with E-state index in [1.165, 1.54) is 0 Å². The van der Waals surface area contributed by atoms with E-state index in [2.05, 4.69) is 28.6 Å². The Balaban J connectivity index is 1.78. The second-order valence-corrected chi connectivity index (χ2v) is 6.17. The Morgan fingerprint density at radius 1 is 1.07 bits per heavy atom. The number of pyridine rings is 1. The van der Waals surface area contributed by atoms with Crippen LogP contribution in [0.3, 0.4) is 0 Å². The van der Waals surface area contributed by atoms with Gasteiger partial charge in [-0.3, -0.25) is 9.88 Å². The first kappa shape index (κ1) is 18.4. The van der Waals surface area contributed by atoms with Crippen molar-refractivity contribution < 1.29 is 4.74 Å². The average molecular weight is 355 g/mol. The van der Waals surface area contributed by atoms with Crippen molar-refractivity contribution in [3.8, 4) is 17.6 Å². The van der Waals surface area contributed by atoms with Gasteiger partial charge in [0.2, 0.25) is 0 Å². The van der Waals surface area contributed by atoms with Crippen LogP contribution in [0.2, 0.25) is 0 Å². The van der Waals surface area contributed by atoms with Crippen LogP contribution < -0.4 is 4.74 Å². The molecule has 0 saturated carbocycles. The maximum Gasteiger partial charge on any atom is 0.145 e. The summed E-state index contributed by atoms with van der Waals surface area (Å²) in [6, 6.07) is 21.6. The highest BCUT2D eigenvalue weighted by Crippen LogP contribution is 2.26. The fourth-order valence-corrected chi connectivity index (χ4v) is 2.87. The van der Waals surface area contributed by atoms with Crippen LogP contribution in [0.1, 0.15) is 16.7 Å². The van der Waals surface area contributed by atoms with Crippen LogP contribution >= 0.6 is 0 Å². The molecule has 1 aromatic heterocycles. The summed E-state index contributed by atoms with van der Waals surface area (Å²) in [6.45, 7) is 6.04. The van der Waals surface area contributed by atoms with Gasteiger partial charge in [0.05, 0.1) is 17.8 Å². The smallest absolute Gasteiger partial charge is 0.145 e. The lowest BCUT2D eigenvalue weighted by Gasteiger charge is -2.22. The van der Waals surface area contributed by atoms with E-state index in [1.54, 1.807) is 12.4 Å². The van der Waals surface area contributed by atoms with Gasteiger partial charge in [-0.05, 0) is 35.9 Å². The summed E-state index contributed by atoms with van der Waals surface area (Å²) in [6.07, 6.45) is 5.31. The first-order chi connectivity index (χ1) is 13.3. The van der Waals surface area contributed by atoms with Crippen molar-refractivity contribution in [1.82, 2.24) is 9.88 Å². The van der Waals surface area contributed by atoms with Crippen LogP contribution in [0.4, 0.5) is 0 Å². The molecule has 0 aliphatic heterocycles. The van der Waals surface area contributed by atoms with Gasteiger partial charge >= 0.3 is 0 Å². The van der Waals surface area contributed by atoms with Crippen molar-refractivity contribution in [3.05, 3.63) is 102 Å². The zero-order chi connectivity index (χ0) is 18.9. The zero-order valence-electron chi connectivity index (χ0n) is 15.1. The van der Waals surface area contributed by atoms with Gasteiger partial charge in [-0.15, -0.1) is 6.58 Å². The Labute approximate surface area is 160 Å². The van der Waals surface area contributed by atoms with Gasteiger partial charge in [0.25, 0.3) is 0 Å². The molecule has 2 aromatic carbocycles. The van der Waals surface area contributed by atoms with Crippen LogP contribution in [-0.2, 0) is 13.1 Å². The molecule has 4 nitrogen and oxygen atoms in total. The van der Waals surface area contributed by atoms with Crippen LogP contribution in [0.15, 0.2) is 85.7 Å². The number of aromatic nitrogens is 1. The molecule has 0 N–H and O–H groups in total. The second-order valence-electron chi connectivity index (χ2n) is 6.17.